The minimum absolute atomic E-state index is 0. The van der Waals surface area contributed by atoms with Crippen molar-refractivity contribution in [1.82, 2.24) is 0 Å². The van der Waals surface area contributed by atoms with Gasteiger partial charge in [0.05, 0.1) is 0 Å². The molecule has 0 saturated heterocycles. The van der Waals surface area contributed by atoms with Crippen LogP contribution in [-0.2, 0) is 0 Å². The first-order valence-electron chi connectivity index (χ1n) is 9.85. The molecule has 0 nitrogen and oxygen atoms in total. The normalized spacial score (nSPS) is 12.8. The minimum Gasteiger partial charge on any atom is -0.232 e. The van der Waals surface area contributed by atoms with Crippen LogP contribution in [0.5, 0.6) is 0 Å². The summed E-state index contributed by atoms with van der Waals surface area (Å²) >= 11 is 0. The van der Waals surface area contributed by atoms with Crippen molar-refractivity contribution >= 4 is 0 Å². The first-order valence-corrected chi connectivity index (χ1v) is 9.85. The van der Waals surface area contributed by atoms with Crippen LogP contribution in [0.2, 0.25) is 0 Å². The summed E-state index contributed by atoms with van der Waals surface area (Å²) in [7, 11) is 0. The van der Waals surface area contributed by atoms with E-state index in [4.69, 9.17) is 0 Å². The molecular formula is C25H38Ar4-4. The smallest absolute Gasteiger partial charge is 0 e. The van der Waals surface area contributed by atoms with Gasteiger partial charge in [-0.2, -0.15) is 17.7 Å². The Bertz CT molecular complexity index is 400. The summed E-state index contributed by atoms with van der Waals surface area (Å²) in [4.78, 5) is 0. The van der Waals surface area contributed by atoms with E-state index in [1.807, 2.05) is 0 Å². The van der Waals surface area contributed by atoms with Crippen LogP contribution >= 0.6 is 0 Å². The van der Waals surface area contributed by atoms with Gasteiger partial charge in [0.1, 0.15) is 0 Å². The topological polar surface area (TPSA) is 0 Å². The van der Waals surface area contributed by atoms with Crippen LogP contribution in [0.1, 0.15) is 69.9 Å². The molecule has 0 heterocycles. The molecule has 0 aromatic heterocycles. The van der Waals surface area contributed by atoms with Crippen molar-refractivity contribution in [2.24, 2.45) is 0 Å². The second-order valence-corrected chi connectivity index (χ2v) is 6.40. The monoisotopic (exact) mass is 498 g/mol. The predicted molar refractivity (Wildman–Crippen MR) is 115 cm³/mol. The molecule has 3 aliphatic rings. The van der Waals surface area contributed by atoms with Crippen LogP contribution in [0.3, 0.4) is 0 Å². The Labute approximate surface area is 302 Å². The average molecular weight is 498 g/mol. The van der Waals surface area contributed by atoms with Crippen LogP contribution in [0.25, 0.3) is 0 Å². The van der Waals surface area contributed by atoms with E-state index in [0.717, 1.165) is 0 Å². The third kappa shape index (κ3) is 36.0. The van der Waals surface area contributed by atoms with Gasteiger partial charge in [0.2, 0.25) is 0 Å². The number of allylic oxidation sites excluding steroid dienone is 6. The molecule has 174 valence electrons. The molecular weight excluding hydrogens is 460 g/mol. The Balaban J connectivity index is -0.0000000816. The van der Waals surface area contributed by atoms with Crippen LogP contribution in [-0.4, -0.2) is 0 Å². The molecule has 0 amide bonds. The van der Waals surface area contributed by atoms with Crippen LogP contribution < -0.4 is 0 Å². The molecule has 0 N–H and O–H groups in total. The average Bonchev–Trinajstić information content (AvgIpc) is 3.40. The Morgan fingerprint density at radius 1 is 0.759 bits per heavy atom. The quantitative estimate of drug-likeness (QED) is 0.318. The van der Waals surface area contributed by atoms with Gasteiger partial charge < -0.3 is 0 Å². The Hall–Kier alpha value is 3.22. The van der Waals surface area contributed by atoms with Crippen molar-refractivity contribution in [2.45, 2.75) is 72.6 Å². The molecule has 29 heavy (non-hydrogen) atoms. The number of aryl methyl sites for hydroxylation is 2. The fraction of sp³-hybridized carbons (Fsp3) is 0.440. The van der Waals surface area contributed by atoms with Gasteiger partial charge >= 0.3 is 0 Å². The summed E-state index contributed by atoms with van der Waals surface area (Å²) in [5.41, 5.74) is 2.72. The maximum atomic E-state index is 2.18. The van der Waals surface area contributed by atoms with E-state index < -0.39 is 0 Å². The Morgan fingerprint density at radius 3 is 1.17 bits per heavy atom. The fourth-order valence-electron chi connectivity index (χ4n) is 2.16. The molecule has 1 aromatic carbocycles. The molecule has 0 radical (unpaired) electrons. The predicted octanol–water partition coefficient (Wildman–Crippen LogP) is 8.06. The molecule has 0 bridgehead atoms. The van der Waals surface area contributed by atoms with Gasteiger partial charge in [0, 0.05) is 151 Å². The molecule has 3 aliphatic carbocycles. The molecule has 0 aliphatic heterocycles. The van der Waals surface area contributed by atoms with Crippen molar-refractivity contribution < 1.29 is 151 Å². The largest absolute Gasteiger partial charge is 0.232 e. The van der Waals surface area contributed by atoms with E-state index in [1.165, 1.54) is 56.1 Å². The summed E-state index contributed by atoms with van der Waals surface area (Å²) in [6.45, 7) is 8.46. The zero-order valence-electron chi connectivity index (χ0n) is 18.3. The molecule has 0 spiro atoms. The minimum atomic E-state index is 0. The Morgan fingerprint density at radius 2 is 1.10 bits per heavy atom. The molecule has 4 heteroatoms. The van der Waals surface area contributed by atoms with Crippen molar-refractivity contribution in [2.75, 3.05) is 0 Å². The van der Waals surface area contributed by atoms with E-state index in [0.29, 0.717) is 0 Å². The third-order valence-electron chi connectivity index (χ3n) is 3.38. The summed E-state index contributed by atoms with van der Waals surface area (Å²) in [5, 5.41) is 0. The SMILES string of the molecule is C1=CCC[CH-]1.C1=CCC[CH-]1.C1=CCC[CH-]1.CCC.Cc1cc[c-](C)c1.[Ar].[Ar].[Ar].[Ar]. The van der Waals surface area contributed by atoms with Gasteiger partial charge in [-0.05, 0) is 0 Å². The van der Waals surface area contributed by atoms with Gasteiger partial charge in [-0.3, -0.25) is 0 Å². The van der Waals surface area contributed by atoms with Crippen molar-refractivity contribution in [3.8, 4) is 0 Å². The van der Waals surface area contributed by atoms with Gasteiger partial charge in [0.25, 0.3) is 0 Å². The maximum Gasteiger partial charge on any atom is 0 e. The van der Waals surface area contributed by atoms with Gasteiger partial charge in [-0.15, -0.1) is 38.5 Å². The molecule has 0 fully saturated rings. The van der Waals surface area contributed by atoms with Crippen molar-refractivity contribution in [3.05, 3.63) is 85.0 Å². The zero-order valence-corrected chi connectivity index (χ0v) is 21.1. The van der Waals surface area contributed by atoms with E-state index in [-0.39, 0.29) is 151 Å². The number of hydrogen-bond acceptors (Lipinski definition) is 0. The van der Waals surface area contributed by atoms with E-state index in [9.17, 15) is 0 Å². The third-order valence-corrected chi connectivity index (χ3v) is 3.38. The first-order chi connectivity index (χ1) is 12.2. The Kier molecular flexibility index (Phi) is 52.3. The second-order valence-electron chi connectivity index (χ2n) is 6.40. The second kappa shape index (κ2) is 35.8. The standard InChI is InChI=1S/C7H9.3C5H7.C3H8.4Ar/c1-6-3-4-7(2)5-6;3*1-2-4-5-3-1;1-3-2;;;;/h3-5H,1-2H3;3*1-3H,4-5H2;3H2,1-2H3;;;;/q4*-1;;;;;. The van der Waals surface area contributed by atoms with E-state index in [2.05, 4.69) is 102 Å². The summed E-state index contributed by atoms with van der Waals surface area (Å²) < 4.78 is 0. The number of rotatable bonds is 0. The van der Waals surface area contributed by atoms with Gasteiger partial charge in [0.15, 0.2) is 0 Å². The summed E-state index contributed by atoms with van der Waals surface area (Å²) in [6.07, 6.45) is 28.2. The molecule has 4 rings (SSSR count). The molecule has 0 unspecified atom stereocenters. The van der Waals surface area contributed by atoms with Crippen molar-refractivity contribution in [1.29, 1.82) is 0 Å². The molecule has 0 saturated carbocycles. The maximum absolute atomic E-state index is 2.18. The van der Waals surface area contributed by atoms with E-state index >= 15 is 0 Å². The van der Waals surface area contributed by atoms with E-state index in [1.54, 1.807) is 0 Å². The van der Waals surface area contributed by atoms with Gasteiger partial charge in [-0.25, -0.2) is 67.3 Å². The van der Waals surface area contributed by atoms with Crippen LogP contribution in [0, 0.1) is 184 Å². The summed E-state index contributed by atoms with van der Waals surface area (Å²) in [5.74, 6) is 0. The first kappa shape index (κ1) is 42.4. The summed E-state index contributed by atoms with van der Waals surface area (Å²) in [6, 6.07) is 6.41. The van der Waals surface area contributed by atoms with Crippen LogP contribution in [0.15, 0.2) is 54.7 Å². The van der Waals surface area contributed by atoms with Crippen molar-refractivity contribution in [3.63, 3.8) is 0 Å². The van der Waals surface area contributed by atoms with Gasteiger partial charge in [-0.1, -0.05) is 34.1 Å². The molecule has 1 aromatic rings. The number of hydrogen-bond donors (Lipinski definition) is 0. The zero-order chi connectivity index (χ0) is 18.6. The fourth-order valence-corrected chi connectivity index (χ4v) is 2.16. The molecule has 0 atom stereocenters. The van der Waals surface area contributed by atoms with Crippen LogP contribution in [0.4, 0.5) is 0 Å².